The van der Waals surface area contributed by atoms with E-state index >= 15 is 0 Å². The second kappa shape index (κ2) is 4.92. The monoisotopic (exact) mass is 276 g/mol. The molecule has 0 aliphatic heterocycles. The van der Waals surface area contributed by atoms with Crippen molar-refractivity contribution in [2.24, 2.45) is 30.5 Å². The number of nitrogens with two attached hydrogens (primary N) is 1. The highest BCUT2D eigenvalue weighted by Gasteiger charge is 2.47. The molecule has 0 bridgehead atoms. The number of carbonyl (C=O) groups excluding carboxylic acids is 2. The number of rotatable bonds is 6. The lowest BCUT2D eigenvalue weighted by Gasteiger charge is -2.25. The fourth-order valence-corrected chi connectivity index (χ4v) is 3.06. The second-order valence-electron chi connectivity index (χ2n) is 5.95. The van der Waals surface area contributed by atoms with E-state index in [4.69, 9.17) is 5.73 Å². The average Bonchev–Trinajstić information content (AvgIpc) is 3.30. The Hall–Kier alpha value is -1.85. The van der Waals surface area contributed by atoms with Gasteiger partial charge in [-0.1, -0.05) is 0 Å². The van der Waals surface area contributed by atoms with Crippen LogP contribution in [0.3, 0.4) is 0 Å². The Bertz CT molecular complexity index is 519. The van der Waals surface area contributed by atoms with Crippen molar-refractivity contribution in [2.75, 3.05) is 0 Å². The lowest BCUT2D eigenvalue weighted by molar-refractivity contribution is -0.121. The van der Waals surface area contributed by atoms with E-state index in [9.17, 15) is 9.59 Å². The first-order valence-corrected chi connectivity index (χ1v) is 7.16. The first-order valence-electron chi connectivity index (χ1n) is 7.16. The van der Waals surface area contributed by atoms with Gasteiger partial charge in [-0.15, -0.1) is 0 Å². The molecule has 6 nitrogen and oxygen atoms in total. The molecule has 1 heterocycles. The van der Waals surface area contributed by atoms with Crippen molar-refractivity contribution in [3.05, 3.63) is 18.0 Å². The maximum Gasteiger partial charge on any atom is 0.270 e. The van der Waals surface area contributed by atoms with E-state index in [-0.39, 0.29) is 11.8 Å². The van der Waals surface area contributed by atoms with Crippen LogP contribution in [0, 0.1) is 17.8 Å². The smallest absolute Gasteiger partial charge is 0.270 e. The van der Waals surface area contributed by atoms with Crippen LogP contribution < -0.4 is 11.1 Å². The van der Waals surface area contributed by atoms with Gasteiger partial charge in [0, 0.05) is 13.2 Å². The Kier molecular flexibility index (Phi) is 3.23. The molecule has 108 valence electrons. The lowest BCUT2D eigenvalue weighted by Crippen LogP contribution is -2.50. The summed E-state index contributed by atoms with van der Waals surface area (Å²) >= 11 is 0. The van der Waals surface area contributed by atoms with E-state index in [1.54, 1.807) is 19.3 Å². The third-order valence-electron chi connectivity index (χ3n) is 4.36. The van der Waals surface area contributed by atoms with Gasteiger partial charge in [0.25, 0.3) is 5.91 Å². The summed E-state index contributed by atoms with van der Waals surface area (Å²) in [7, 11) is 1.70. The first kappa shape index (κ1) is 13.1. The Labute approximate surface area is 117 Å². The summed E-state index contributed by atoms with van der Waals surface area (Å²) in [5.74, 6) is 0.604. The average molecular weight is 276 g/mol. The maximum absolute atomic E-state index is 12.3. The highest BCUT2D eigenvalue weighted by atomic mass is 16.2. The molecule has 0 saturated heterocycles. The molecule has 2 fully saturated rings. The molecule has 0 unspecified atom stereocenters. The van der Waals surface area contributed by atoms with Crippen molar-refractivity contribution < 1.29 is 9.59 Å². The highest BCUT2D eigenvalue weighted by Crippen LogP contribution is 2.50. The van der Waals surface area contributed by atoms with Crippen molar-refractivity contribution in [2.45, 2.75) is 31.7 Å². The minimum absolute atomic E-state index is 0.213. The van der Waals surface area contributed by atoms with Crippen molar-refractivity contribution in [1.82, 2.24) is 15.1 Å². The molecule has 0 radical (unpaired) electrons. The van der Waals surface area contributed by atoms with Crippen LogP contribution in [-0.2, 0) is 11.8 Å². The molecule has 0 aromatic carbocycles. The van der Waals surface area contributed by atoms with Crippen LogP contribution >= 0.6 is 0 Å². The molecule has 2 aliphatic carbocycles. The van der Waals surface area contributed by atoms with E-state index in [2.05, 4.69) is 10.4 Å². The normalized spacial score (nSPS) is 19.9. The molecule has 2 saturated carbocycles. The topological polar surface area (TPSA) is 90.0 Å². The van der Waals surface area contributed by atoms with E-state index in [0.29, 0.717) is 17.5 Å². The van der Waals surface area contributed by atoms with Crippen molar-refractivity contribution in [3.63, 3.8) is 0 Å². The van der Waals surface area contributed by atoms with Crippen LogP contribution in [0.15, 0.2) is 12.3 Å². The zero-order valence-electron chi connectivity index (χ0n) is 11.6. The van der Waals surface area contributed by atoms with Gasteiger partial charge in [0.2, 0.25) is 5.91 Å². The molecule has 2 amide bonds. The number of carbonyl (C=O) groups is 2. The van der Waals surface area contributed by atoms with Gasteiger partial charge in [-0.3, -0.25) is 14.3 Å². The maximum atomic E-state index is 12.3. The van der Waals surface area contributed by atoms with Gasteiger partial charge in [-0.05, 0) is 49.5 Å². The molecule has 20 heavy (non-hydrogen) atoms. The zero-order valence-corrected chi connectivity index (χ0v) is 11.6. The lowest BCUT2D eigenvalue weighted by atomic mass is 9.89. The van der Waals surface area contributed by atoms with E-state index in [1.807, 2.05) is 0 Å². The van der Waals surface area contributed by atoms with Gasteiger partial charge in [0.15, 0.2) is 0 Å². The molecular formula is C14H20N4O2. The third kappa shape index (κ3) is 2.55. The molecule has 2 aliphatic rings. The zero-order chi connectivity index (χ0) is 14.3. The van der Waals surface area contributed by atoms with Crippen LogP contribution in [0.2, 0.25) is 0 Å². The summed E-state index contributed by atoms with van der Waals surface area (Å²) in [6, 6.07) is 1.08. The molecule has 1 atom stereocenters. The van der Waals surface area contributed by atoms with Crippen LogP contribution in [0.25, 0.3) is 0 Å². The Balaban J connectivity index is 1.75. The predicted octanol–water partition coefficient (Wildman–Crippen LogP) is 0.440. The van der Waals surface area contributed by atoms with E-state index < -0.39 is 11.9 Å². The van der Waals surface area contributed by atoms with Gasteiger partial charge in [-0.2, -0.15) is 5.10 Å². The number of primary amides is 1. The number of aromatic nitrogens is 2. The molecular weight excluding hydrogens is 256 g/mol. The SMILES string of the molecule is Cn1nccc1C(=O)N[C@H](C(N)=O)C(C1CC1)C1CC1. The third-order valence-corrected chi connectivity index (χ3v) is 4.36. The fraction of sp³-hybridized carbons (Fsp3) is 0.643. The number of hydrogen-bond donors (Lipinski definition) is 2. The first-order chi connectivity index (χ1) is 9.58. The number of hydrogen-bond acceptors (Lipinski definition) is 3. The number of amides is 2. The largest absolute Gasteiger partial charge is 0.368 e. The standard InChI is InChI=1S/C14H20N4O2/c1-18-10(6-7-16-18)14(20)17-12(13(15)19)11(8-2-3-8)9-4-5-9/h6-9,11-12H,2-5H2,1H3,(H2,15,19)(H,17,20)/t12-/m0/s1. The summed E-state index contributed by atoms with van der Waals surface area (Å²) in [5, 5.41) is 6.80. The fourth-order valence-electron chi connectivity index (χ4n) is 3.06. The van der Waals surface area contributed by atoms with Crippen LogP contribution in [0.4, 0.5) is 0 Å². The molecule has 0 spiro atoms. The molecule has 3 N–H and O–H groups in total. The number of aryl methyl sites for hydroxylation is 1. The summed E-state index contributed by atoms with van der Waals surface area (Å²) in [4.78, 5) is 24.0. The second-order valence-corrected chi connectivity index (χ2v) is 5.95. The Morgan fingerprint density at radius 3 is 2.35 bits per heavy atom. The molecule has 1 aromatic heterocycles. The minimum atomic E-state index is -0.558. The molecule has 1 aromatic rings. The Morgan fingerprint density at radius 2 is 1.95 bits per heavy atom. The van der Waals surface area contributed by atoms with Gasteiger partial charge in [-0.25, -0.2) is 0 Å². The van der Waals surface area contributed by atoms with Crippen molar-refractivity contribution in [1.29, 1.82) is 0 Å². The summed E-state index contributed by atoms with van der Waals surface area (Å²) in [6.45, 7) is 0. The van der Waals surface area contributed by atoms with Crippen LogP contribution in [0.1, 0.15) is 36.2 Å². The van der Waals surface area contributed by atoms with E-state index in [0.717, 1.165) is 25.7 Å². The number of nitrogens with zero attached hydrogens (tertiary/aromatic N) is 2. The predicted molar refractivity (Wildman–Crippen MR) is 72.6 cm³/mol. The summed E-state index contributed by atoms with van der Waals surface area (Å²) < 4.78 is 1.50. The molecule has 6 heteroatoms. The molecule has 3 rings (SSSR count). The quantitative estimate of drug-likeness (QED) is 0.790. The van der Waals surface area contributed by atoms with Gasteiger partial charge in [0.1, 0.15) is 11.7 Å². The minimum Gasteiger partial charge on any atom is -0.368 e. The number of nitrogens with one attached hydrogen (secondary N) is 1. The Morgan fingerprint density at radius 1 is 1.35 bits per heavy atom. The van der Waals surface area contributed by atoms with Gasteiger partial charge < -0.3 is 11.1 Å². The van der Waals surface area contributed by atoms with Crippen LogP contribution in [-0.4, -0.2) is 27.6 Å². The van der Waals surface area contributed by atoms with Gasteiger partial charge in [0.05, 0.1) is 0 Å². The van der Waals surface area contributed by atoms with Gasteiger partial charge >= 0.3 is 0 Å². The van der Waals surface area contributed by atoms with E-state index in [1.165, 1.54) is 4.68 Å². The summed E-state index contributed by atoms with van der Waals surface area (Å²) in [5.41, 5.74) is 5.98. The van der Waals surface area contributed by atoms with Crippen molar-refractivity contribution >= 4 is 11.8 Å². The van der Waals surface area contributed by atoms with Crippen LogP contribution in [0.5, 0.6) is 0 Å². The van der Waals surface area contributed by atoms with Crippen molar-refractivity contribution in [3.8, 4) is 0 Å². The highest BCUT2D eigenvalue weighted by molar-refractivity contribution is 5.96. The summed E-state index contributed by atoms with van der Waals surface area (Å²) in [6.07, 6.45) is 6.14.